The predicted octanol–water partition coefficient (Wildman–Crippen LogP) is 3.34. The number of nitro groups is 1. The van der Waals surface area contributed by atoms with Crippen molar-refractivity contribution in [2.24, 2.45) is 4.99 Å². The molecule has 0 saturated carbocycles. The number of carbonyl (C=O) groups is 2. The van der Waals surface area contributed by atoms with Crippen molar-refractivity contribution in [2.45, 2.75) is 52.7 Å². The summed E-state index contributed by atoms with van der Waals surface area (Å²) in [6.45, 7) is 9.81. The van der Waals surface area contributed by atoms with Crippen LogP contribution in [0.25, 0.3) is 0 Å². The Balaban J connectivity index is 3.23. The summed E-state index contributed by atoms with van der Waals surface area (Å²) in [7, 11) is 0. The standard InChI is InChI=1S/C17H24N4O7/c1-16(2,3)27-14(23)19-13(20-15(24)28-17(4,5)6)18-11-8-7-10(22)9-12(11)21(25)26/h7-9,22H,1-6H3,(H2,18,19,20,23,24). The number of nitrogens with zero attached hydrogens (tertiary/aromatic N) is 2. The lowest BCUT2D eigenvalue weighted by Gasteiger charge is -2.22. The number of hydrogen-bond donors (Lipinski definition) is 3. The van der Waals surface area contributed by atoms with Crippen LogP contribution in [-0.4, -0.2) is 39.4 Å². The highest BCUT2D eigenvalue weighted by Crippen LogP contribution is 2.30. The summed E-state index contributed by atoms with van der Waals surface area (Å²) >= 11 is 0. The number of aromatic hydroxyl groups is 1. The molecule has 0 aliphatic carbocycles. The minimum absolute atomic E-state index is 0.218. The number of nitrogens with one attached hydrogen (secondary N) is 2. The Morgan fingerprint density at radius 2 is 1.50 bits per heavy atom. The molecule has 3 N–H and O–H groups in total. The van der Waals surface area contributed by atoms with Gasteiger partial charge in [0.05, 0.1) is 11.0 Å². The number of aliphatic imine (C=N–C) groups is 1. The number of guanidine groups is 1. The lowest BCUT2D eigenvalue weighted by Crippen LogP contribution is -2.47. The van der Waals surface area contributed by atoms with Crippen LogP contribution >= 0.6 is 0 Å². The zero-order valence-corrected chi connectivity index (χ0v) is 16.5. The lowest BCUT2D eigenvalue weighted by molar-refractivity contribution is -0.384. The minimum Gasteiger partial charge on any atom is -0.508 e. The Morgan fingerprint density at radius 3 is 1.89 bits per heavy atom. The molecule has 0 atom stereocenters. The van der Waals surface area contributed by atoms with Crippen molar-refractivity contribution in [2.75, 3.05) is 0 Å². The number of ether oxygens (including phenoxy) is 2. The molecule has 1 rings (SSSR count). The number of amides is 2. The van der Waals surface area contributed by atoms with Crippen molar-refractivity contribution in [3.8, 4) is 5.75 Å². The molecule has 0 aromatic heterocycles. The lowest BCUT2D eigenvalue weighted by atomic mass is 10.2. The summed E-state index contributed by atoms with van der Waals surface area (Å²) in [4.78, 5) is 38.3. The van der Waals surface area contributed by atoms with Crippen LogP contribution in [0.15, 0.2) is 23.2 Å². The van der Waals surface area contributed by atoms with E-state index < -0.39 is 40.0 Å². The molecule has 1 aromatic rings. The first-order valence-electron chi connectivity index (χ1n) is 8.22. The van der Waals surface area contributed by atoms with E-state index in [0.29, 0.717) is 0 Å². The number of nitro benzene ring substituents is 1. The zero-order chi connectivity index (χ0) is 21.7. The van der Waals surface area contributed by atoms with Crippen molar-refractivity contribution in [3.05, 3.63) is 28.3 Å². The number of phenolic OH excluding ortho intramolecular Hbond substituents is 1. The number of rotatable bonds is 2. The fourth-order valence-electron chi connectivity index (χ4n) is 1.76. The van der Waals surface area contributed by atoms with E-state index in [-0.39, 0.29) is 11.4 Å². The summed E-state index contributed by atoms with van der Waals surface area (Å²) in [6.07, 6.45) is -1.88. The van der Waals surface area contributed by atoms with Crippen LogP contribution in [-0.2, 0) is 9.47 Å². The topological polar surface area (TPSA) is 152 Å². The van der Waals surface area contributed by atoms with Gasteiger partial charge in [0, 0.05) is 0 Å². The molecule has 0 aliphatic heterocycles. The molecule has 0 heterocycles. The van der Waals surface area contributed by atoms with Crippen molar-refractivity contribution in [1.82, 2.24) is 10.6 Å². The van der Waals surface area contributed by atoms with Gasteiger partial charge in [-0.15, -0.1) is 0 Å². The van der Waals surface area contributed by atoms with Crippen molar-refractivity contribution < 1.29 is 29.1 Å². The van der Waals surface area contributed by atoms with Gasteiger partial charge < -0.3 is 14.6 Å². The summed E-state index contributed by atoms with van der Waals surface area (Å²) in [6, 6.07) is 3.21. The second-order valence-electron chi connectivity index (χ2n) is 7.64. The molecule has 154 valence electrons. The summed E-state index contributed by atoms with van der Waals surface area (Å²) in [5, 5.41) is 25.0. The van der Waals surface area contributed by atoms with Gasteiger partial charge in [0.25, 0.3) is 5.69 Å². The van der Waals surface area contributed by atoms with Gasteiger partial charge in [-0.2, -0.15) is 0 Å². The van der Waals surface area contributed by atoms with E-state index in [2.05, 4.69) is 15.6 Å². The van der Waals surface area contributed by atoms with Gasteiger partial charge in [0.1, 0.15) is 22.6 Å². The second kappa shape index (κ2) is 8.55. The first-order chi connectivity index (χ1) is 12.7. The van der Waals surface area contributed by atoms with Crippen LogP contribution < -0.4 is 10.6 Å². The number of carbonyl (C=O) groups excluding carboxylic acids is 2. The molecule has 0 unspecified atom stereocenters. The Morgan fingerprint density at radius 1 is 1.04 bits per heavy atom. The quantitative estimate of drug-likeness (QED) is 0.300. The molecule has 0 spiro atoms. The van der Waals surface area contributed by atoms with Crippen LogP contribution in [0.3, 0.4) is 0 Å². The molecule has 0 bridgehead atoms. The molecule has 1 aromatic carbocycles. The van der Waals surface area contributed by atoms with E-state index in [9.17, 15) is 24.8 Å². The molecule has 11 nitrogen and oxygen atoms in total. The SMILES string of the molecule is CC(C)(C)OC(=O)NC(=Nc1ccc(O)cc1[N+](=O)[O-])NC(=O)OC(C)(C)C. The molecule has 0 radical (unpaired) electrons. The van der Waals surface area contributed by atoms with Gasteiger partial charge >= 0.3 is 12.2 Å². The van der Waals surface area contributed by atoms with E-state index in [0.717, 1.165) is 12.1 Å². The van der Waals surface area contributed by atoms with Gasteiger partial charge in [-0.25, -0.2) is 14.6 Å². The number of alkyl carbamates (subject to hydrolysis) is 2. The van der Waals surface area contributed by atoms with Crippen LogP contribution in [0, 0.1) is 10.1 Å². The van der Waals surface area contributed by atoms with Gasteiger partial charge in [-0.3, -0.25) is 20.7 Å². The maximum Gasteiger partial charge on any atom is 0.414 e. The smallest absolute Gasteiger partial charge is 0.414 e. The van der Waals surface area contributed by atoms with Gasteiger partial charge in [-0.05, 0) is 53.7 Å². The Labute approximate surface area is 161 Å². The third-order valence-corrected chi connectivity index (χ3v) is 2.63. The van der Waals surface area contributed by atoms with Crippen molar-refractivity contribution >= 4 is 29.5 Å². The molecular formula is C17H24N4O7. The van der Waals surface area contributed by atoms with Crippen molar-refractivity contribution in [3.63, 3.8) is 0 Å². The minimum atomic E-state index is -0.941. The van der Waals surface area contributed by atoms with E-state index in [1.807, 2.05) is 0 Å². The van der Waals surface area contributed by atoms with Crippen LogP contribution in [0.4, 0.5) is 21.0 Å². The van der Waals surface area contributed by atoms with Crippen LogP contribution in [0.1, 0.15) is 41.5 Å². The van der Waals surface area contributed by atoms with Gasteiger partial charge in [0.2, 0.25) is 5.96 Å². The van der Waals surface area contributed by atoms with E-state index >= 15 is 0 Å². The van der Waals surface area contributed by atoms with Crippen molar-refractivity contribution in [1.29, 1.82) is 0 Å². The number of phenols is 1. The fraction of sp³-hybridized carbons (Fsp3) is 0.471. The highest BCUT2D eigenvalue weighted by atomic mass is 16.6. The van der Waals surface area contributed by atoms with Crippen LogP contribution in [0.5, 0.6) is 5.75 Å². The molecule has 28 heavy (non-hydrogen) atoms. The molecule has 0 saturated heterocycles. The normalized spacial score (nSPS) is 11.2. The third-order valence-electron chi connectivity index (χ3n) is 2.63. The van der Waals surface area contributed by atoms with Gasteiger partial charge in [-0.1, -0.05) is 0 Å². The first kappa shape index (κ1) is 22.7. The molecule has 2 amide bonds. The highest BCUT2D eigenvalue weighted by Gasteiger charge is 2.22. The average Bonchev–Trinajstić information content (AvgIpc) is 2.44. The van der Waals surface area contributed by atoms with Crippen LogP contribution in [0.2, 0.25) is 0 Å². The highest BCUT2D eigenvalue weighted by molar-refractivity contribution is 6.02. The Kier molecular flexibility index (Phi) is 6.92. The maximum absolute atomic E-state index is 12.0. The molecular weight excluding hydrogens is 372 g/mol. The number of benzene rings is 1. The Hall–Kier alpha value is -3.37. The van der Waals surface area contributed by atoms with E-state index in [4.69, 9.17) is 9.47 Å². The zero-order valence-electron chi connectivity index (χ0n) is 16.5. The van der Waals surface area contributed by atoms with E-state index in [1.54, 1.807) is 41.5 Å². The summed E-state index contributed by atoms with van der Waals surface area (Å²) in [5.41, 5.74) is -2.41. The maximum atomic E-state index is 12.0. The summed E-state index contributed by atoms with van der Waals surface area (Å²) in [5.74, 6) is -0.787. The molecule has 11 heteroatoms. The monoisotopic (exact) mass is 396 g/mol. The first-order valence-corrected chi connectivity index (χ1v) is 8.22. The molecule has 0 aliphatic rings. The second-order valence-corrected chi connectivity index (χ2v) is 7.64. The number of hydrogen-bond acceptors (Lipinski definition) is 8. The molecule has 0 fully saturated rings. The third kappa shape index (κ3) is 8.34. The largest absolute Gasteiger partial charge is 0.508 e. The van der Waals surface area contributed by atoms with Gasteiger partial charge in [0.15, 0.2) is 0 Å². The fourth-order valence-corrected chi connectivity index (χ4v) is 1.76. The van der Waals surface area contributed by atoms with E-state index in [1.165, 1.54) is 6.07 Å². The summed E-state index contributed by atoms with van der Waals surface area (Å²) < 4.78 is 10.2. The Bertz CT molecular complexity index is 760. The predicted molar refractivity (Wildman–Crippen MR) is 101 cm³/mol. The average molecular weight is 396 g/mol.